The molecule has 0 aliphatic carbocycles. The molecule has 1 rings (SSSR count). The van der Waals surface area contributed by atoms with Gasteiger partial charge in [-0.05, 0) is 37.2 Å². The van der Waals surface area contributed by atoms with E-state index in [9.17, 15) is 18.0 Å². The first kappa shape index (κ1) is 24.7. The predicted molar refractivity (Wildman–Crippen MR) is 106 cm³/mol. The van der Waals surface area contributed by atoms with Crippen LogP contribution in [0.15, 0.2) is 24.3 Å². The summed E-state index contributed by atoms with van der Waals surface area (Å²) in [4.78, 5) is 24.6. The number of rotatable bonds is 10. The Hall–Kier alpha value is -1.35. The van der Waals surface area contributed by atoms with Crippen molar-refractivity contribution in [3.8, 4) is 0 Å². The lowest BCUT2D eigenvalue weighted by Crippen LogP contribution is -2.48. The van der Waals surface area contributed by atoms with Crippen molar-refractivity contribution in [3.63, 3.8) is 0 Å². The van der Waals surface area contributed by atoms with Crippen LogP contribution in [-0.4, -0.2) is 57.9 Å². The molecule has 0 spiro atoms. The van der Waals surface area contributed by atoms with E-state index < -0.39 is 27.7 Å². The van der Waals surface area contributed by atoms with Gasteiger partial charge in [0.1, 0.15) is 15.9 Å². The molecule has 0 radical (unpaired) electrons. The Bertz CT molecular complexity index is 681. The zero-order chi connectivity index (χ0) is 18.9. The van der Waals surface area contributed by atoms with E-state index in [-0.39, 0.29) is 24.6 Å². The van der Waals surface area contributed by atoms with Crippen LogP contribution in [0.4, 0.5) is 0 Å². The van der Waals surface area contributed by atoms with Crippen molar-refractivity contribution in [1.82, 2.24) is 16.0 Å². The van der Waals surface area contributed by atoms with Crippen molar-refractivity contribution >= 4 is 45.7 Å². The maximum atomic E-state index is 12.3. The molecule has 148 valence electrons. The summed E-state index contributed by atoms with van der Waals surface area (Å²) in [7, 11) is -3.25. The smallest absolute Gasteiger partial charge is 0.251 e. The van der Waals surface area contributed by atoms with Crippen molar-refractivity contribution in [2.45, 2.75) is 19.4 Å². The van der Waals surface area contributed by atoms with Crippen LogP contribution in [-0.2, 0) is 14.6 Å². The molecule has 0 fully saturated rings. The standard InChI is InChI=1S/C16H24ClN3O4S.ClH/c1-3-18-9-10-19-16(22)14(8-11-25(2,23)24)20-15(21)12-4-6-13(17)7-5-12;/h4-7,14,18H,3,8-11H2,1-2H3,(H,19,22)(H,20,21);1H. The van der Waals surface area contributed by atoms with Crippen LogP contribution in [0.25, 0.3) is 0 Å². The first-order valence-corrected chi connectivity index (χ1v) is 10.4. The number of sulfone groups is 1. The van der Waals surface area contributed by atoms with Gasteiger partial charge in [0.05, 0.1) is 5.75 Å². The third kappa shape index (κ3) is 9.96. The number of likely N-dealkylation sites (N-methyl/N-ethyl adjacent to an activating group) is 1. The summed E-state index contributed by atoms with van der Waals surface area (Å²) in [6.07, 6.45) is 1.10. The molecule has 0 bridgehead atoms. The number of carbonyl (C=O) groups excluding carboxylic acids is 2. The van der Waals surface area contributed by atoms with Crippen molar-refractivity contribution < 1.29 is 18.0 Å². The number of hydrogen-bond donors (Lipinski definition) is 3. The summed E-state index contributed by atoms with van der Waals surface area (Å²) in [5.74, 6) is -1.07. The molecule has 3 N–H and O–H groups in total. The second kappa shape index (κ2) is 12.1. The Balaban J connectivity index is 0.00000625. The normalized spacial score (nSPS) is 12.0. The lowest BCUT2D eigenvalue weighted by molar-refractivity contribution is -0.122. The maximum Gasteiger partial charge on any atom is 0.251 e. The summed E-state index contributed by atoms with van der Waals surface area (Å²) < 4.78 is 22.8. The minimum Gasteiger partial charge on any atom is -0.353 e. The van der Waals surface area contributed by atoms with Gasteiger partial charge in [-0.3, -0.25) is 9.59 Å². The number of halogens is 2. The Kier molecular flexibility index (Phi) is 11.5. The molecule has 10 heteroatoms. The average molecular weight is 426 g/mol. The highest BCUT2D eigenvalue weighted by molar-refractivity contribution is 7.90. The molecule has 0 aliphatic rings. The minimum atomic E-state index is -3.25. The van der Waals surface area contributed by atoms with E-state index in [1.165, 1.54) is 12.1 Å². The molecule has 0 saturated carbocycles. The SMILES string of the molecule is CCNCCNC(=O)C(CCS(C)(=O)=O)NC(=O)c1ccc(Cl)cc1.Cl. The second-order valence-corrected chi connectivity index (χ2v) is 8.29. The Morgan fingerprint density at radius 3 is 2.31 bits per heavy atom. The van der Waals surface area contributed by atoms with Gasteiger partial charge in [-0.15, -0.1) is 12.4 Å². The van der Waals surface area contributed by atoms with Crippen LogP contribution in [0.2, 0.25) is 5.02 Å². The van der Waals surface area contributed by atoms with Crippen LogP contribution in [0, 0.1) is 0 Å². The molecular weight excluding hydrogens is 401 g/mol. The third-order valence-corrected chi connectivity index (χ3v) is 4.59. The van der Waals surface area contributed by atoms with E-state index in [1.807, 2.05) is 6.92 Å². The lowest BCUT2D eigenvalue weighted by Gasteiger charge is -2.18. The van der Waals surface area contributed by atoms with Gasteiger partial charge in [-0.25, -0.2) is 8.42 Å². The van der Waals surface area contributed by atoms with Gasteiger partial charge in [0.15, 0.2) is 0 Å². The molecule has 1 atom stereocenters. The van der Waals surface area contributed by atoms with Gasteiger partial charge in [-0.1, -0.05) is 18.5 Å². The molecule has 1 aromatic rings. The number of carbonyl (C=O) groups is 2. The van der Waals surface area contributed by atoms with Gasteiger partial charge in [0, 0.05) is 29.9 Å². The van der Waals surface area contributed by atoms with Crippen molar-refractivity contribution in [1.29, 1.82) is 0 Å². The molecule has 1 unspecified atom stereocenters. The van der Waals surface area contributed by atoms with E-state index in [2.05, 4.69) is 16.0 Å². The zero-order valence-corrected chi connectivity index (χ0v) is 17.1. The molecule has 0 aromatic heterocycles. The molecule has 7 nitrogen and oxygen atoms in total. The molecule has 1 aromatic carbocycles. The van der Waals surface area contributed by atoms with E-state index in [0.29, 0.717) is 23.7 Å². The molecule has 0 heterocycles. The van der Waals surface area contributed by atoms with E-state index in [1.54, 1.807) is 12.1 Å². The summed E-state index contributed by atoms with van der Waals surface area (Å²) in [6, 6.07) is 5.28. The number of nitrogens with one attached hydrogen (secondary N) is 3. The summed E-state index contributed by atoms with van der Waals surface area (Å²) in [5.41, 5.74) is 0.342. The maximum absolute atomic E-state index is 12.3. The zero-order valence-electron chi connectivity index (χ0n) is 14.7. The minimum absolute atomic E-state index is 0. The highest BCUT2D eigenvalue weighted by atomic mass is 35.5. The molecule has 0 saturated heterocycles. The third-order valence-electron chi connectivity index (χ3n) is 3.36. The van der Waals surface area contributed by atoms with Gasteiger partial charge >= 0.3 is 0 Å². The first-order chi connectivity index (χ1) is 11.7. The van der Waals surface area contributed by atoms with Gasteiger partial charge in [0.25, 0.3) is 5.91 Å². The van der Waals surface area contributed by atoms with Gasteiger partial charge < -0.3 is 16.0 Å². The van der Waals surface area contributed by atoms with E-state index >= 15 is 0 Å². The predicted octanol–water partition coefficient (Wildman–Crippen LogP) is 1.02. The quantitative estimate of drug-likeness (QED) is 0.485. The average Bonchev–Trinajstić information content (AvgIpc) is 2.54. The number of amides is 2. The molecule has 26 heavy (non-hydrogen) atoms. The second-order valence-electron chi connectivity index (χ2n) is 5.60. The lowest BCUT2D eigenvalue weighted by atomic mass is 10.1. The van der Waals surface area contributed by atoms with Crippen LogP contribution in [0.3, 0.4) is 0 Å². The summed E-state index contributed by atoms with van der Waals surface area (Å²) >= 11 is 5.79. The Morgan fingerprint density at radius 2 is 1.77 bits per heavy atom. The monoisotopic (exact) mass is 425 g/mol. The van der Waals surface area contributed by atoms with Crippen molar-refractivity contribution in [3.05, 3.63) is 34.9 Å². The van der Waals surface area contributed by atoms with E-state index in [4.69, 9.17) is 11.6 Å². The fraction of sp³-hybridized carbons (Fsp3) is 0.500. The number of hydrogen-bond acceptors (Lipinski definition) is 5. The summed E-state index contributed by atoms with van der Waals surface area (Å²) in [5, 5.41) is 8.83. The number of benzene rings is 1. The fourth-order valence-electron chi connectivity index (χ4n) is 2.02. The van der Waals surface area contributed by atoms with Gasteiger partial charge in [-0.2, -0.15) is 0 Å². The van der Waals surface area contributed by atoms with Gasteiger partial charge in [0.2, 0.25) is 5.91 Å². The highest BCUT2D eigenvalue weighted by Gasteiger charge is 2.22. The topological polar surface area (TPSA) is 104 Å². The van der Waals surface area contributed by atoms with Crippen LogP contribution >= 0.6 is 24.0 Å². The summed E-state index contributed by atoms with van der Waals surface area (Å²) in [6.45, 7) is 3.70. The van der Waals surface area contributed by atoms with Crippen molar-refractivity contribution in [2.24, 2.45) is 0 Å². The molecule has 2 amide bonds. The van der Waals surface area contributed by atoms with Crippen LogP contribution in [0.1, 0.15) is 23.7 Å². The largest absolute Gasteiger partial charge is 0.353 e. The van der Waals surface area contributed by atoms with Crippen LogP contribution in [0.5, 0.6) is 0 Å². The Morgan fingerprint density at radius 1 is 1.15 bits per heavy atom. The fourth-order valence-corrected chi connectivity index (χ4v) is 2.81. The first-order valence-electron chi connectivity index (χ1n) is 7.95. The molecular formula is C16H25Cl2N3O4S. The van der Waals surface area contributed by atoms with E-state index in [0.717, 1.165) is 12.8 Å². The highest BCUT2D eigenvalue weighted by Crippen LogP contribution is 2.10. The molecule has 0 aliphatic heterocycles. The van der Waals surface area contributed by atoms with Crippen LogP contribution < -0.4 is 16.0 Å². The Labute approximate surface area is 165 Å². The van der Waals surface area contributed by atoms with Crippen molar-refractivity contribution in [2.75, 3.05) is 31.6 Å².